The summed E-state index contributed by atoms with van der Waals surface area (Å²) in [5.74, 6) is 2.20. The first-order chi connectivity index (χ1) is 10.5. The SMILES string of the molecule is O=S(=O)(O)C(F)(F)S(=O)(=O)OC1CC2CC1C1C3CCC(C3)C21. The van der Waals surface area contributed by atoms with E-state index in [1.165, 1.54) is 6.42 Å². The zero-order valence-corrected chi connectivity index (χ0v) is 13.8. The van der Waals surface area contributed by atoms with E-state index in [0.29, 0.717) is 30.1 Å². The van der Waals surface area contributed by atoms with E-state index in [1.807, 2.05) is 0 Å². The van der Waals surface area contributed by atoms with E-state index in [1.54, 1.807) is 0 Å². The summed E-state index contributed by atoms with van der Waals surface area (Å²) in [7, 11) is -11.8. The van der Waals surface area contributed by atoms with Crippen molar-refractivity contribution in [3.8, 4) is 0 Å². The van der Waals surface area contributed by atoms with Crippen molar-refractivity contribution < 1.29 is 34.4 Å². The van der Waals surface area contributed by atoms with Gasteiger partial charge in [0.15, 0.2) is 0 Å². The Morgan fingerprint density at radius 1 is 0.913 bits per heavy atom. The van der Waals surface area contributed by atoms with Gasteiger partial charge in [0, 0.05) is 0 Å². The first kappa shape index (κ1) is 16.2. The highest BCUT2D eigenvalue weighted by Crippen LogP contribution is 2.68. The first-order valence-electron chi connectivity index (χ1n) is 7.80. The van der Waals surface area contributed by atoms with Gasteiger partial charge in [-0.2, -0.15) is 25.6 Å². The Bertz CT molecular complexity index is 734. The van der Waals surface area contributed by atoms with Crippen LogP contribution in [0, 0.1) is 35.5 Å². The van der Waals surface area contributed by atoms with E-state index >= 15 is 0 Å². The lowest BCUT2D eigenvalue weighted by molar-refractivity contribution is 0.0373. The summed E-state index contributed by atoms with van der Waals surface area (Å²) in [6.45, 7) is 0. The summed E-state index contributed by atoms with van der Waals surface area (Å²) in [6, 6.07) is 0. The van der Waals surface area contributed by atoms with Gasteiger partial charge in [-0.3, -0.25) is 8.74 Å². The number of hydrogen-bond donors (Lipinski definition) is 1. The predicted molar refractivity (Wildman–Crippen MR) is 74.3 cm³/mol. The average molecular weight is 372 g/mol. The molecular formula is C13H18F2O6S2. The van der Waals surface area contributed by atoms with Crippen molar-refractivity contribution in [2.24, 2.45) is 35.5 Å². The smallest absolute Gasteiger partial charge is 0.280 e. The molecule has 4 aliphatic carbocycles. The summed E-state index contributed by atoms with van der Waals surface area (Å²) in [6.07, 6.45) is 3.65. The van der Waals surface area contributed by atoms with E-state index in [4.69, 9.17) is 4.55 Å². The highest BCUT2D eigenvalue weighted by molar-refractivity contribution is 8.05. The number of halogens is 2. The second-order valence-corrected chi connectivity index (χ2v) is 10.7. The molecular weight excluding hydrogens is 354 g/mol. The molecule has 0 aromatic heterocycles. The highest BCUT2D eigenvalue weighted by atomic mass is 32.3. The summed E-state index contributed by atoms with van der Waals surface area (Å²) in [5, 5.41) is 0. The maximum atomic E-state index is 13.5. The zero-order valence-electron chi connectivity index (χ0n) is 12.1. The summed E-state index contributed by atoms with van der Waals surface area (Å²) in [4.78, 5) is 0. The lowest BCUT2D eigenvalue weighted by atomic mass is 9.70. The van der Waals surface area contributed by atoms with Crippen LogP contribution in [0.5, 0.6) is 0 Å². The third-order valence-corrected chi connectivity index (χ3v) is 9.44. The maximum absolute atomic E-state index is 13.5. The minimum atomic E-state index is -6.09. The van der Waals surface area contributed by atoms with Crippen molar-refractivity contribution in [2.45, 2.75) is 42.8 Å². The Kier molecular flexibility index (Phi) is 3.26. The van der Waals surface area contributed by atoms with Gasteiger partial charge >= 0.3 is 24.8 Å². The summed E-state index contributed by atoms with van der Waals surface area (Å²) in [5.41, 5.74) is 0. The second-order valence-electron chi connectivity index (χ2n) is 7.41. The standard InChI is InChI=1S/C13H18F2O6S2/c14-13(15,22(16,17)18)23(19,20)21-10-5-8-4-9(10)12-7-2-1-6(3-7)11(8)12/h6-12H,1-5H2,(H,16,17,18). The molecule has 0 saturated heterocycles. The van der Waals surface area contributed by atoms with Crippen LogP contribution in [0.2, 0.25) is 0 Å². The van der Waals surface area contributed by atoms with Crippen LogP contribution >= 0.6 is 0 Å². The van der Waals surface area contributed by atoms with Crippen molar-refractivity contribution >= 4 is 20.2 Å². The van der Waals surface area contributed by atoms with Gasteiger partial charge in [-0.05, 0) is 67.6 Å². The van der Waals surface area contributed by atoms with Crippen molar-refractivity contribution in [1.82, 2.24) is 0 Å². The molecule has 6 nitrogen and oxygen atoms in total. The third kappa shape index (κ3) is 2.07. The fraction of sp³-hybridized carbons (Fsp3) is 1.00. The van der Waals surface area contributed by atoms with E-state index in [9.17, 15) is 25.6 Å². The Morgan fingerprint density at radius 2 is 1.52 bits per heavy atom. The molecule has 10 heteroatoms. The van der Waals surface area contributed by atoms with Gasteiger partial charge in [0.2, 0.25) is 0 Å². The van der Waals surface area contributed by atoms with Gasteiger partial charge < -0.3 is 0 Å². The quantitative estimate of drug-likeness (QED) is 0.459. The van der Waals surface area contributed by atoms with Crippen LogP contribution in [-0.2, 0) is 24.4 Å². The van der Waals surface area contributed by atoms with Crippen LogP contribution in [0.4, 0.5) is 8.78 Å². The molecule has 23 heavy (non-hydrogen) atoms. The molecule has 0 radical (unpaired) electrons. The molecule has 4 bridgehead atoms. The second kappa shape index (κ2) is 4.64. The van der Waals surface area contributed by atoms with E-state index in [0.717, 1.165) is 19.3 Å². The molecule has 7 atom stereocenters. The normalized spacial score (nSPS) is 45.6. The van der Waals surface area contributed by atoms with Crippen LogP contribution in [0.1, 0.15) is 32.1 Å². The number of alkyl halides is 2. The molecule has 0 aromatic rings. The Balaban J connectivity index is 1.56. The summed E-state index contributed by atoms with van der Waals surface area (Å²) < 4.78 is 79.4. The highest BCUT2D eigenvalue weighted by Gasteiger charge is 2.65. The van der Waals surface area contributed by atoms with Crippen LogP contribution in [0.15, 0.2) is 0 Å². The number of hydrogen-bond acceptors (Lipinski definition) is 5. The van der Waals surface area contributed by atoms with Gasteiger partial charge in [-0.25, -0.2) is 0 Å². The van der Waals surface area contributed by atoms with Gasteiger partial charge in [-0.15, -0.1) is 0 Å². The van der Waals surface area contributed by atoms with Crippen LogP contribution in [0.25, 0.3) is 0 Å². The van der Waals surface area contributed by atoms with E-state index < -0.39 is 30.9 Å². The zero-order chi connectivity index (χ0) is 16.8. The van der Waals surface area contributed by atoms with Crippen molar-refractivity contribution in [3.05, 3.63) is 0 Å². The number of fused-ring (bicyclic) bond motifs is 9. The van der Waals surface area contributed by atoms with Gasteiger partial charge in [0.1, 0.15) is 0 Å². The monoisotopic (exact) mass is 372 g/mol. The third-order valence-electron chi connectivity index (χ3n) is 6.51. The molecule has 0 aromatic carbocycles. The summed E-state index contributed by atoms with van der Waals surface area (Å²) >= 11 is 0. The van der Waals surface area contributed by atoms with E-state index in [2.05, 4.69) is 4.18 Å². The molecule has 4 rings (SSSR count). The Labute approximate surface area is 133 Å². The van der Waals surface area contributed by atoms with Crippen LogP contribution in [-0.4, -0.2) is 32.1 Å². The number of rotatable bonds is 4. The largest absolute Gasteiger partial charge is 0.496 e. The van der Waals surface area contributed by atoms with Gasteiger partial charge in [0.25, 0.3) is 0 Å². The maximum Gasteiger partial charge on any atom is 0.496 e. The molecule has 4 fully saturated rings. The van der Waals surface area contributed by atoms with Crippen LogP contribution < -0.4 is 0 Å². The predicted octanol–water partition coefficient (Wildman–Crippen LogP) is 1.84. The average Bonchev–Trinajstić information content (AvgIpc) is 3.14. The lowest BCUT2D eigenvalue weighted by Gasteiger charge is -2.38. The molecule has 4 aliphatic rings. The Hall–Kier alpha value is -0.320. The van der Waals surface area contributed by atoms with Crippen molar-refractivity contribution in [1.29, 1.82) is 0 Å². The Morgan fingerprint density at radius 3 is 2.13 bits per heavy atom. The first-order valence-corrected chi connectivity index (χ1v) is 10.7. The fourth-order valence-electron chi connectivity index (χ4n) is 5.96. The molecule has 0 amide bonds. The lowest BCUT2D eigenvalue weighted by Crippen LogP contribution is -2.43. The molecule has 132 valence electrons. The molecule has 4 saturated carbocycles. The van der Waals surface area contributed by atoms with Crippen molar-refractivity contribution in [3.63, 3.8) is 0 Å². The molecule has 1 N–H and O–H groups in total. The molecule has 0 aliphatic heterocycles. The van der Waals surface area contributed by atoms with Gasteiger partial charge in [0.05, 0.1) is 6.10 Å². The molecule has 0 heterocycles. The minimum Gasteiger partial charge on any atom is -0.280 e. The molecule has 7 unspecified atom stereocenters. The van der Waals surface area contributed by atoms with Gasteiger partial charge in [-0.1, -0.05) is 0 Å². The molecule has 0 spiro atoms. The van der Waals surface area contributed by atoms with E-state index in [-0.39, 0.29) is 11.8 Å². The topological polar surface area (TPSA) is 97.7 Å². The van der Waals surface area contributed by atoms with Crippen molar-refractivity contribution in [2.75, 3.05) is 0 Å². The minimum absolute atomic E-state index is 0.104. The van der Waals surface area contributed by atoms with Crippen LogP contribution in [0.3, 0.4) is 0 Å². The fourth-order valence-corrected chi connectivity index (χ4v) is 7.77.